The zero-order chi connectivity index (χ0) is 16.7. The van der Waals surface area contributed by atoms with E-state index in [9.17, 15) is 0 Å². The Hall–Kier alpha value is -1.71. The van der Waals surface area contributed by atoms with Crippen LogP contribution in [0, 0.1) is 5.92 Å². The molecule has 124 valence electrons. The van der Waals surface area contributed by atoms with Gasteiger partial charge in [-0.2, -0.15) is 0 Å². The quantitative estimate of drug-likeness (QED) is 0.761. The van der Waals surface area contributed by atoms with Crippen LogP contribution in [-0.2, 0) is 13.2 Å². The van der Waals surface area contributed by atoms with E-state index in [2.05, 4.69) is 19.2 Å². The molecule has 2 aromatic rings. The largest absolute Gasteiger partial charge is 0.493 e. The van der Waals surface area contributed by atoms with E-state index in [0.29, 0.717) is 35.6 Å². The Kier molecular flexibility index (Phi) is 6.75. The first-order chi connectivity index (χ1) is 11.1. The second-order valence-electron chi connectivity index (χ2n) is 5.89. The maximum absolute atomic E-state index is 6.38. The van der Waals surface area contributed by atoms with E-state index in [0.717, 1.165) is 17.7 Å². The molecular weight excluding hydrogens is 310 g/mol. The van der Waals surface area contributed by atoms with E-state index < -0.39 is 0 Å². The summed E-state index contributed by atoms with van der Waals surface area (Å²) in [6.07, 6.45) is 0. The molecule has 4 heteroatoms. The van der Waals surface area contributed by atoms with Crippen molar-refractivity contribution in [3.63, 3.8) is 0 Å². The molecule has 0 amide bonds. The smallest absolute Gasteiger partial charge is 0.163 e. The van der Waals surface area contributed by atoms with E-state index in [1.807, 2.05) is 42.5 Å². The second-order valence-corrected chi connectivity index (χ2v) is 6.30. The van der Waals surface area contributed by atoms with Gasteiger partial charge in [0, 0.05) is 17.6 Å². The van der Waals surface area contributed by atoms with E-state index >= 15 is 0 Å². The molecule has 0 bridgehead atoms. The summed E-state index contributed by atoms with van der Waals surface area (Å²) < 4.78 is 11.3. The molecule has 0 heterocycles. The van der Waals surface area contributed by atoms with Gasteiger partial charge in [0.05, 0.1) is 7.11 Å². The summed E-state index contributed by atoms with van der Waals surface area (Å²) in [5.41, 5.74) is 2.12. The fourth-order valence-electron chi connectivity index (χ4n) is 2.22. The van der Waals surface area contributed by atoms with Crippen LogP contribution < -0.4 is 14.8 Å². The van der Waals surface area contributed by atoms with Crippen LogP contribution >= 0.6 is 11.6 Å². The van der Waals surface area contributed by atoms with Crippen molar-refractivity contribution in [3.05, 3.63) is 58.6 Å². The van der Waals surface area contributed by atoms with Gasteiger partial charge in [-0.3, -0.25) is 0 Å². The lowest BCUT2D eigenvalue weighted by atomic mass is 10.1. The van der Waals surface area contributed by atoms with Crippen molar-refractivity contribution in [1.82, 2.24) is 5.32 Å². The number of hydrogen-bond donors (Lipinski definition) is 1. The van der Waals surface area contributed by atoms with Crippen molar-refractivity contribution >= 4 is 11.6 Å². The lowest BCUT2D eigenvalue weighted by Crippen LogP contribution is -2.19. The Balaban J connectivity index is 2.06. The van der Waals surface area contributed by atoms with Crippen molar-refractivity contribution in [2.75, 3.05) is 13.7 Å². The molecule has 3 nitrogen and oxygen atoms in total. The fourth-order valence-corrected chi connectivity index (χ4v) is 2.44. The number of halogens is 1. The van der Waals surface area contributed by atoms with E-state index in [-0.39, 0.29) is 0 Å². The summed E-state index contributed by atoms with van der Waals surface area (Å²) in [5, 5.41) is 4.08. The minimum absolute atomic E-state index is 0.485. The van der Waals surface area contributed by atoms with E-state index in [1.165, 1.54) is 0 Å². The highest BCUT2D eigenvalue weighted by molar-refractivity contribution is 6.31. The van der Waals surface area contributed by atoms with Gasteiger partial charge in [-0.05, 0) is 29.7 Å². The summed E-state index contributed by atoms with van der Waals surface area (Å²) in [7, 11) is 1.64. The molecule has 0 fully saturated rings. The number of hydrogen-bond acceptors (Lipinski definition) is 3. The highest BCUT2D eigenvalue weighted by Crippen LogP contribution is 2.33. The number of methoxy groups -OCH3 is 1. The van der Waals surface area contributed by atoms with E-state index in [1.54, 1.807) is 7.11 Å². The van der Waals surface area contributed by atoms with Gasteiger partial charge in [0.15, 0.2) is 11.5 Å². The van der Waals surface area contributed by atoms with Crippen molar-refractivity contribution in [3.8, 4) is 11.5 Å². The average molecular weight is 334 g/mol. The second kappa shape index (κ2) is 8.80. The zero-order valence-corrected chi connectivity index (χ0v) is 14.7. The molecule has 0 atom stereocenters. The topological polar surface area (TPSA) is 30.5 Å². The van der Waals surface area contributed by atoms with Crippen LogP contribution in [0.4, 0.5) is 0 Å². The predicted molar refractivity (Wildman–Crippen MR) is 95.3 cm³/mol. The summed E-state index contributed by atoms with van der Waals surface area (Å²) >= 11 is 6.38. The fraction of sp³-hybridized carbons (Fsp3) is 0.368. The normalized spacial score (nSPS) is 10.8. The number of rotatable bonds is 8. The zero-order valence-electron chi connectivity index (χ0n) is 13.9. The molecular formula is C19H24ClNO2. The molecule has 2 aromatic carbocycles. The van der Waals surface area contributed by atoms with Crippen molar-refractivity contribution in [2.24, 2.45) is 5.92 Å². The van der Waals surface area contributed by atoms with E-state index in [4.69, 9.17) is 21.1 Å². The first-order valence-corrected chi connectivity index (χ1v) is 8.21. The van der Waals surface area contributed by atoms with Crippen molar-refractivity contribution in [2.45, 2.75) is 27.0 Å². The van der Waals surface area contributed by atoms with Crippen LogP contribution in [0.1, 0.15) is 25.0 Å². The first-order valence-electron chi connectivity index (χ1n) is 7.84. The minimum atomic E-state index is 0.485. The summed E-state index contributed by atoms with van der Waals surface area (Å²) in [6, 6.07) is 13.8. The third-order valence-electron chi connectivity index (χ3n) is 3.44. The van der Waals surface area contributed by atoms with Gasteiger partial charge in [-0.15, -0.1) is 0 Å². The molecule has 2 rings (SSSR count). The molecule has 0 saturated carbocycles. The minimum Gasteiger partial charge on any atom is -0.493 e. The standard InChI is InChI=1S/C19H24ClNO2/c1-14(2)11-21-12-16-9-18(22-3)19(10-17(16)20)23-13-15-7-5-4-6-8-15/h4-10,14,21H,11-13H2,1-3H3. The molecule has 0 aliphatic carbocycles. The van der Waals surface area contributed by atoms with Gasteiger partial charge >= 0.3 is 0 Å². The van der Waals surface area contributed by atoms with Crippen molar-refractivity contribution in [1.29, 1.82) is 0 Å². The van der Waals surface area contributed by atoms with Crippen molar-refractivity contribution < 1.29 is 9.47 Å². The lowest BCUT2D eigenvalue weighted by molar-refractivity contribution is 0.284. The molecule has 0 aliphatic heterocycles. The monoisotopic (exact) mass is 333 g/mol. The lowest BCUT2D eigenvalue weighted by Gasteiger charge is -2.15. The Bertz CT molecular complexity index is 614. The third kappa shape index (κ3) is 5.45. The summed E-state index contributed by atoms with van der Waals surface area (Å²) in [6.45, 7) is 6.50. The maximum Gasteiger partial charge on any atom is 0.163 e. The molecule has 0 spiro atoms. The molecule has 0 radical (unpaired) electrons. The summed E-state index contributed by atoms with van der Waals surface area (Å²) in [4.78, 5) is 0. The molecule has 23 heavy (non-hydrogen) atoms. The highest BCUT2D eigenvalue weighted by Gasteiger charge is 2.11. The molecule has 0 aliphatic rings. The van der Waals surface area contributed by atoms with Crippen LogP contribution in [-0.4, -0.2) is 13.7 Å². The van der Waals surface area contributed by atoms with Crippen LogP contribution in [0.25, 0.3) is 0 Å². The highest BCUT2D eigenvalue weighted by atomic mass is 35.5. The maximum atomic E-state index is 6.38. The SMILES string of the molecule is COc1cc(CNCC(C)C)c(Cl)cc1OCc1ccccc1. The van der Waals surface area contributed by atoms with Gasteiger partial charge in [-0.25, -0.2) is 0 Å². The molecule has 0 saturated heterocycles. The van der Waals surface area contributed by atoms with Crippen LogP contribution in [0.15, 0.2) is 42.5 Å². The Morgan fingerprint density at radius 3 is 2.48 bits per heavy atom. The van der Waals surface area contributed by atoms with Crippen LogP contribution in [0.5, 0.6) is 11.5 Å². The van der Waals surface area contributed by atoms with Gasteiger partial charge in [0.25, 0.3) is 0 Å². The molecule has 0 aromatic heterocycles. The number of benzene rings is 2. The number of nitrogens with one attached hydrogen (secondary N) is 1. The Morgan fingerprint density at radius 1 is 1.09 bits per heavy atom. The first kappa shape index (κ1) is 17.6. The van der Waals surface area contributed by atoms with Crippen LogP contribution in [0.2, 0.25) is 5.02 Å². The van der Waals surface area contributed by atoms with Gasteiger partial charge in [0.1, 0.15) is 6.61 Å². The predicted octanol–water partition coefficient (Wildman–Crippen LogP) is 4.67. The molecule has 1 N–H and O–H groups in total. The third-order valence-corrected chi connectivity index (χ3v) is 3.79. The number of ether oxygens (including phenoxy) is 2. The average Bonchev–Trinajstić information content (AvgIpc) is 2.55. The van der Waals surface area contributed by atoms with Crippen LogP contribution in [0.3, 0.4) is 0 Å². The Labute approximate surface area is 143 Å². The van der Waals surface area contributed by atoms with Gasteiger partial charge < -0.3 is 14.8 Å². The van der Waals surface area contributed by atoms with Gasteiger partial charge in [-0.1, -0.05) is 55.8 Å². The molecule has 0 unspecified atom stereocenters. The van der Waals surface area contributed by atoms with Gasteiger partial charge in [0.2, 0.25) is 0 Å². The Morgan fingerprint density at radius 2 is 1.83 bits per heavy atom. The summed E-state index contributed by atoms with van der Waals surface area (Å²) in [5.74, 6) is 1.96.